The van der Waals surface area contributed by atoms with Gasteiger partial charge in [0.05, 0.1) is 10.0 Å². The lowest BCUT2D eigenvalue weighted by atomic mass is 9.93. The van der Waals surface area contributed by atoms with E-state index in [4.69, 9.17) is 23.2 Å². The van der Waals surface area contributed by atoms with Crippen LogP contribution in [0.2, 0.25) is 10.0 Å². The van der Waals surface area contributed by atoms with Crippen LogP contribution in [-0.2, 0) is 4.79 Å². The van der Waals surface area contributed by atoms with Gasteiger partial charge in [0.25, 0.3) is 0 Å². The molecule has 0 bridgehead atoms. The Morgan fingerprint density at radius 2 is 1.95 bits per heavy atom. The van der Waals surface area contributed by atoms with E-state index in [1.807, 2.05) is 6.07 Å². The Balaban J connectivity index is 1.96. The zero-order valence-corrected chi connectivity index (χ0v) is 13.4. The van der Waals surface area contributed by atoms with Gasteiger partial charge in [-0.2, -0.15) is 0 Å². The van der Waals surface area contributed by atoms with Crippen molar-refractivity contribution in [3.63, 3.8) is 0 Å². The number of carbonyl (C=O) groups is 1. The molecule has 110 valence electrons. The van der Waals surface area contributed by atoms with Gasteiger partial charge in [0.2, 0.25) is 5.91 Å². The Kier molecular flexibility index (Phi) is 5.30. The Morgan fingerprint density at radius 3 is 2.55 bits per heavy atom. The molecule has 1 fully saturated rings. The number of hydrogen-bond donors (Lipinski definition) is 0. The molecule has 2 rings (SSSR count). The van der Waals surface area contributed by atoms with E-state index in [-0.39, 0.29) is 5.91 Å². The molecule has 20 heavy (non-hydrogen) atoms. The average Bonchev–Trinajstić information content (AvgIpc) is 2.43. The molecule has 1 heterocycles. The molecule has 0 aromatic heterocycles. The molecule has 1 aromatic rings. The third-order valence-corrected chi connectivity index (χ3v) is 4.71. The first kappa shape index (κ1) is 15.6. The monoisotopic (exact) mass is 314 g/mol. The number of hydrogen-bond acceptors (Lipinski definition) is 2. The predicted molar refractivity (Wildman–Crippen MR) is 84.7 cm³/mol. The van der Waals surface area contributed by atoms with Crippen LogP contribution in [0.25, 0.3) is 0 Å². The molecule has 0 saturated carbocycles. The molecule has 1 aliphatic rings. The maximum absolute atomic E-state index is 12.3. The highest BCUT2D eigenvalue weighted by atomic mass is 35.5. The highest BCUT2D eigenvalue weighted by molar-refractivity contribution is 6.42. The van der Waals surface area contributed by atoms with Gasteiger partial charge < -0.3 is 9.80 Å². The summed E-state index contributed by atoms with van der Waals surface area (Å²) in [5, 5.41) is 0.981. The molecule has 0 spiro atoms. The van der Waals surface area contributed by atoms with Gasteiger partial charge in [-0.1, -0.05) is 23.2 Å². The molecule has 0 N–H and O–H groups in total. The lowest BCUT2D eigenvalue weighted by Gasteiger charge is -2.29. The van der Waals surface area contributed by atoms with Crippen molar-refractivity contribution in [1.29, 1.82) is 0 Å². The number of nitrogens with zero attached hydrogens (tertiary/aromatic N) is 2. The van der Waals surface area contributed by atoms with Gasteiger partial charge in [0, 0.05) is 19.2 Å². The van der Waals surface area contributed by atoms with Crippen LogP contribution in [0.15, 0.2) is 18.2 Å². The van der Waals surface area contributed by atoms with Gasteiger partial charge in [0.15, 0.2) is 0 Å². The minimum Gasteiger partial charge on any atom is -0.315 e. The molecule has 5 heteroatoms. The second kappa shape index (κ2) is 6.79. The zero-order chi connectivity index (χ0) is 14.7. The second-order valence-electron chi connectivity index (χ2n) is 5.50. The second-order valence-corrected chi connectivity index (χ2v) is 6.32. The predicted octanol–water partition coefficient (Wildman–Crippen LogP) is 3.69. The third kappa shape index (κ3) is 3.87. The summed E-state index contributed by atoms with van der Waals surface area (Å²) in [4.78, 5) is 16.3. The summed E-state index contributed by atoms with van der Waals surface area (Å²) in [7, 11) is 3.91. The standard InChI is InChI=1S/C15H20Cl2N2O/c1-18-7-5-11(6-8-18)9-15(20)19(2)12-3-4-13(16)14(17)10-12/h3-4,10-11H,5-9H2,1-2H3. The van der Waals surface area contributed by atoms with Crippen molar-refractivity contribution in [2.45, 2.75) is 19.3 Å². The van der Waals surface area contributed by atoms with Gasteiger partial charge in [-0.05, 0) is 57.1 Å². The summed E-state index contributed by atoms with van der Waals surface area (Å²) >= 11 is 11.9. The topological polar surface area (TPSA) is 23.6 Å². The fourth-order valence-electron chi connectivity index (χ4n) is 2.49. The summed E-state index contributed by atoms with van der Waals surface area (Å²) in [6, 6.07) is 5.27. The fourth-order valence-corrected chi connectivity index (χ4v) is 2.78. The van der Waals surface area contributed by atoms with Gasteiger partial charge in [0.1, 0.15) is 0 Å². The minimum atomic E-state index is 0.137. The van der Waals surface area contributed by atoms with Gasteiger partial charge >= 0.3 is 0 Å². The number of anilines is 1. The number of benzene rings is 1. The van der Waals surface area contributed by atoms with Crippen LogP contribution in [0.5, 0.6) is 0 Å². The zero-order valence-electron chi connectivity index (χ0n) is 11.9. The molecule has 0 unspecified atom stereocenters. The van der Waals surface area contributed by atoms with Crippen LogP contribution in [0.3, 0.4) is 0 Å². The minimum absolute atomic E-state index is 0.137. The van der Waals surface area contributed by atoms with Crippen LogP contribution in [-0.4, -0.2) is 38.0 Å². The molecule has 1 amide bonds. The van der Waals surface area contributed by atoms with Crippen molar-refractivity contribution in [1.82, 2.24) is 4.90 Å². The number of halogens is 2. The summed E-state index contributed by atoms with van der Waals surface area (Å²) in [6.07, 6.45) is 2.79. The quantitative estimate of drug-likeness (QED) is 0.849. The number of likely N-dealkylation sites (tertiary alicyclic amines) is 1. The summed E-state index contributed by atoms with van der Waals surface area (Å²) in [5.41, 5.74) is 0.789. The van der Waals surface area contributed by atoms with Crippen LogP contribution < -0.4 is 4.90 Å². The smallest absolute Gasteiger partial charge is 0.226 e. The number of rotatable bonds is 3. The van der Waals surface area contributed by atoms with E-state index in [1.165, 1.54) is 0 Å². The summed E-state index contributed by atoms with van der Waals surface area (Å²) in [6.45, 7) is 2.16. The van der Waals surface area contributed by atoms with E-state index in [0.717, 1.165) is 31.6 Å². The Hall–Kier alpha value is -0.770. The van der Waals surface area contributed by atoms with Gasteiger partial charge in [-0.25, -0.2) is 0 Å². The summed E-state index contributed by atoms with van der Waals surface area (Å²) in [5.74, 6) is 0.627. The Morgan fingerprint density at radius 1 is 1.30 bits per heavy atom. The van der Waals surface area contributed by atoms with E-state index in [9.17, 15) is 4.79 Å². The van der Waals surface area contributed by atoms with Crippen molar-refractivity contribution in [3.8, 4) is 0 Å². The van der Waals surface area contributed by atoms with E-state index in [0.29, 0.717) is 22.4 Å². The Labute approximate surface area is 130 Å². The van der Waals surface area contributed by atoms with Crippen molar-refractivity contribution >= 4 is 34.8 Å². The van der Waals surface area contributed by atoms with E-state index in [2.05, 4.69) is 11.9 Å². The normalized spacial score (nSPS) is 17.2. The molecule has 0 atom stereocenters. The lowest BCUT2D eigenvalue weighted by molar-refractivity contribution is -0.119. The molecular weight excluding hydrogens is 295 g/mol. The largest absolute Gasteiger partial charge is 0.315 e. The first-order valence-electron chi connectivity index (χ1n) is 6.87. The first-order valence-corrected chi connectivity index (χ1v) is 7.63. The van der Waals surface area contributed by atoms with E-state index in [1.54, 1.807) is 24.1 Å². The maximum atomic E-state index is 12.3. The highest BCUT2D eigenvalue weighted by Crippen LogP contribution is 2.28. The van der Waals surface area contributed by atoms with Crippen molar-refractivity contribution in [2.24, 2.45) is 5.92 Å². The van der Waals surface area contributed by atoms with Crippen molar-refractivity contribution in [3.05, 3.63) is 28.2 Å². The van der Waals surface area contributed by atoms with Crippen LogP contribution >= 0.6 is 23.2 Å². The maximum Gasteiger partial charge on any atom is 0.226 e. The SMILES string of the molecule is CN1CCC(CC(=O)N(C)c2ccc(Cl)c(Cl)c2)CC1. The summed E-state index contributed by atoms with van der Waals surface area (Å²) < 4.78 is 0. The molecule has 1 aliphatic heterocycles. The molecule has 0 aliphatic carbocycles. The molecule has 1 aromatic carbocycles. The van der Waals surface area contributed by atoms with E-state index < -0.39 is 0 Å². The highest BCUT2D eigenvalue weighted by Gasteiger charge is 2.22. The number of carbonyl (C=O) groups excluding carboxylic acids is 1. The van der Waals surface area contributed by atoms with Gasteiger partial charge in [-0.3, -0.25) is 4.79 Å². The molecule has 0 radical (unpaired) electrons. The molecule has 1 saturated heterocycles. The number of amides is 1. The van der Waals surface area contributed by atoms with Crippen molar-refractivity contribution in [2.75, 3.05) is 32.1 Å². The average molecular weight is 315 g/mol. The third-order valence-electron chi connectivity index (χ3n) is 3.97. The van der Waals surface area contributed by atoms with E-state index >= 15 is 0 Å². The van der Waals surface area contributed by atoms with Gasteiger partial charge in [-0.15, -0.1) is 0 Å². The molecular formula is C15H20Cl2N2O. The van der Waals surface area contributed by atoms with Crippen LogP contribution in [0.1, 0.15) is 19.3 Å². The van der Waals surface area contributed by atoms with Crippen LogP contribution in [0, 0.1) is 5.92 Å². The number of piperidine rings is 1. The van der Waals surface area contributed by atoms with Crippen LogP contribution in [0.4, 0.5) is 5.69 Å². The van der Waals surface area contributed by atoms with Crippen molar-refractivity contribution < 1.29 is 4.79 Å². The molecule has 3 nitrogen and oxygen atoms in total. The fraction of sp³-hybridized carbons (Fsp3) is 0.533. The first-order chi connectivity index (χ1) is 9.47. The Bertz CT molecular complexity index is 485. The lowest BCUT2D eigenvalue weighted by Crippen LogP contribution is -2.34.